The van der Waals surface area contributed by atoms with Gasteiger partial charge in [0, 0.05) is 55.5 Å². The molecular formula is C8H19N3O3S2. The fourth-order valence-electron chi connectivity index (χ4n) is 1.45. The van der Waals surface area contributed by atoms with Gasteiger partial charge >= 0.3 is 0 Å². The largest absolute Gasteiger partial charge is 0.314 e. The molecule has 6 nitrogen and oxygen atoms in total. The SMILES string of the molecule is CS(=O)CCCNS(=O)(=O)N1CCNCC1. The van der Waals surface area contributed by atoms with Gasteiger partial charge in [0.05, 0.1) is 0 Å². The van der Waals surface area contributed by atoms with E-state index in [0.717, 1.165) is 0 Å². The fraction of sp³-hybridized carbons (Fsp3) is 1.00. The van der Waals surface area contributed by atoms with Crippen molar-refractivity contribution in [2.24, 2.45) is 0 Å². The molecule has 1 aliphatic rings. The van der Waals surface area contributed by atoms with E-state index in [-0.39, 0.29) is 0 Å². The predicted octanol–water partition coefficient (Wildman–Crippen LogP) is -1.51. The molecular weight excluding hydrogens is 250 g/mol. The standard InChI is InChI=1S/C8H19N3O3S2/c1-15(12)8-2-3-10-16(13,14)11-6-4-9-5-7-11/h9-10H,2-8H2,1H3. The monoisotopic (exact) mass is 269 g/mol. The van der Waals surface area contributed by atoms with Crippen molar-refractivity contribution in [2.75, 3.05) is 44.7 Å². The lowest BCUT2D eigenvalue weighted by Gasteiger charge is -2.26. The van der Waals surface area contributed by atoms with Gasteiger partial charge in [-0.25, -0.2) is 4.72 Å². The highest BCUT2D eigenvalue weighted by Crippen LogP contribution is 1.99. The molecule has 8 heteroatoms. The molecule has 1 atom stereocenters. The van der Waals surface area contributed by atoms with Crippen molar-refractivity contribution >= 4 is 21.0 Å². The second-order valence-electron chi connectivity index (χ2n) is 3.68. The molecule has 16 heavy (non-hydrogen) atoms. The average molecular weight is 269 g/mol. The van der Waals surface area contributed by atoms with Crippen molar-refractivity contribution in [3.05, 3.63) is 0 Å². The Morgan fingerprint density at radius 1 is 1.38 bits per heavy atom. The van der Waals surface area contributed by atoms with Gasteiger partial charge < -0.3 is 5.32 Å². The summed E-state index contributed by atoms with van der Waals surface area (Å²) in [5.74, 6) is 0.532. The Morgan fingerprint density at radius 2 is 2.00 bits per heavy atom. The average Bonchev–Trinajstić information content (AvgIpc) is 2.26. The molecule has 1 aliphatic heterocycles. The minimum atomic E-state index is -3.34. The normalized spacial score (nSPS) is 20.8. The van der Waals surface area contributed by atoms with Gasteiger partial charge in [0.25, 0.3) is 10.2 Å². The summed E-state index contributed by atoms with van der Waals surface area (Å²) in [6.45, 7) is 2.76. The van der Waals surface area contributed by atoms with Gasteiger partial charge in [-0.1, -0.05) is 0 Å². The molecule has 1 fully saturated rings. The molecule has 0 aromatic heterocycles. The van der Waals surface area contributed by atoms with Crippen LogP contribution in [0, 0.1) is 0 Å². The zero-order valence-corrected chi connectivity index (χ0v) is 11.1. The molecule has 0 aromatic carbocycles. The molecule has 1 rings (SSSR count). The Hall–Kier alpha value is -0.0200. The molecule has 0 spiro atoms. The molecule has 1 heterocycles. The van der Waals surface area contributed by atoms with Gasteiger partial charge in [0.2, 0.25) is 0 Å². The summed E-state index contributed by atoms with van der Waals surface area (Å²) in [4.78, 5) is 0. The predicted molar refractivity (Wildman–Crippen MR) is 64.9 cm³/mol. The van der Waals surface area contributed by atoms with Gasteiger partial charge in [-0.3, -0.25) is 4.21 Å². The van der Waals surface area contributed by atoms with Crippen molar-refractivity contribution in [2.45, 2.75) is 6.42 Å². The first kappa shape index (κ1) is 14.0. The highest BCUT2D eigenvalue weighted by atomic mass is 32.2. The van der Waals surface area contributed by atoms with Gasteiger partial charge in [0.15, 0.2) is 0 Å². The van der Waals surface area contributed by atoms with Crippen LogP contribution in [0.15, 0.2) is 0 Å². The number of piperazine rings is 1. The van der Waals surface area contributed by atoms with E-state index in [1.807, 2.05) is 0 Å². The van der Waals surface area contributed by atoms with Gasteiger partial charge in [-0.15, -0.1) is 0 Å². The quantitative estimate of drug-likeness (QED) is 0.575. The van der Waals surface area contributed by atoms with Crippen LogP contribution in [0.25, 0.3) is 0 Å². The summed E-state index contributed by atoms with van der Waals surface area (Å²) in [6.07, 6.45) is 2.22. The van der Waals surface area contributed by atoms with Crippen molar-refractivity contribution in [3.63, 3.8) is 0 Å². The molecule has 0 aromatic rings. The fourth-order valence-corrected chi connectivity index (χ4v) is 3.25. The zero-order valence-electron chi connectivity index (χ0n) is 9.44. The Bertz CT molecular complexity index is 325. The Labute approximate surface area is 99.4 Å². The second kappa shape index (κ2) is 6.65. The lowest BCUT2D eigenvalue weighted by Crippen LogP contribution is -2.50. The number of hydrogen-bond acceptors (Lipinski definition) is 4. The molecule has 96 valence electrons. The van der Waals surface area contributed by atoms with Crippen LogP contribution < -0.4 is 10.0 Å². The molecule has 1 unspecified atom stereocenters. The van der Waals surface area contributed by atoms with Crippen LogP contribution in [-0.2, 0) is 21.0 Å². The van der Waals surface area contributed by atoms with Gasteiger partial charge in [0.1, 0.15) is 0 Å². The summed E-state index contributed by atoms with van der Waals surface area (Å²) in [6, 6.07) is 0. The third-order valence-corrected chi connectivity index (χ3v) is 4.79. The van der Waals surface area contributed by atoms with E-state index in [1.54, 1.807) is 6.26 Å². The number of nitrogens with zero attached hydrogens (tertiary/aromatic N) is 1. The minimum absolute atomic E-state index is 0.353. The first-order valence-corrected chi connectivity index (χ1v) is 8.44. The van der Waals surface area contributed by atoms with E-state index in [2.05, 4.69) is 10.0 Å². The summed E-state index contributed by atoms with van der Waals surface area (Å²) in [7, 11) is -4.19. The molecule has 0 saturated carbocycles. The Morgan fingerprint density at radius 3 is 2.56 bits per heavy atom. The first-order valence-electron chi connectivity index (χ1n) is 5.28. The molecule has 0 bridgehead atoms. The maximum atomic E-state index is 11.7. The number of nitrogens with one attached hydrogen (secondary N) is 2. The van der Waals surface area contributed by atoms with Crippen molar-refractivity contribution < 1.29 is 12.6 Å². The van der Waals surface area contributed by atoms with E-state index < -0.39 is 21.0 Å². The Balaban J connectivity index is 2.30. The highest BCUT2D eigenvalue weighted by molar-refractivity contribution is 7.87. The highest BCUT2D eigenvalue weighted by Gasteiger charge is 2.22. The topological polar surface area (TPSA) is 78.5 Å². The third-order valence-electron chi connectivity index (χ3n) is 2.31. The summed E-state index contributed by atoms with van der Waals surface area (Å²) < 4.78 is 38.2. The van der Waals surface area contributed by atoms with Crippen LogP contribution >= 0.6 is 0 Å². The first-order chi connectivity index (χ1) is 7.52. The maximum Gasteiger partial charge on any atom is 0.279 e. The van der Waals surface area contributed by atoms with E-state index in [1.165, 1.54) is 4.31 Å². The van der Waals surface area contributed by atoms with Crippen LogP contribution in [0.4, 0.5) is 0 Å². The van der Waals surface area contributed by atoms with E-state index >= 15 is 0 Å². The van der Waals surface area contributed by atoms with Crippen molar-refractivity contribution in [1.82, 2.24) is 14.3 Å². The molecule has 0 amide bonds. The van der Waals surface area contributed by atoms with E-state index in [4.69, 9.17) is 0 Å². The minimum Gasteiger partial charge on any atom is -0.314 e. The van der Waals surface area contributed by atoms with Crippen LogP contribution in [0.2, 0.25) is 0 Å². The van der Waals surface area contributed by atoms with Crippen LogP contribution in [0.3, 0.4) is 0 Å². The lowest BCUT2D eigenvalue weighted by atomic mass is 10.4. The third kappa shape index (κ3) is 4.88. The van der Waals surface area contributed by atoms with E-state index in [9.17, 15) is 12.6 Å². The van der Waals surface area contributed by atoms with Crippen molar-refractivity contribution in [1.29, 1.82) is 0 Å². The smallest absolute Gasteiger partial charge is 0.279 e. The number of rotatable bonds is 6. The van der Waals surface area contributed by atoms with Gasteiger partial charge in [-0.2, -0.15) is 12.7 Å². The molecule has 0 radical (unpaired) electrons. The maximum absolute atomic E-state index is 11.7. The van der Waals surface area contributed by atoms with Crippen LogP contribution in [0.5, 0.6) is 0 Å². The summed E-state index contributed by atoms with van der Waals surface area (Å²) in [5.41, 5.74) is 0. The number of hydrogen-bond donors (Lipinski definition) is 2. The summed E-state index contributed by atoms with van der Waals surface area (Å²) >= 11 is 0. The second-order valence-corrected chi connectivity index (χ2v) is 6.99. The van der Waals surface area contributed by atoms with Crippen LogP contribution in [-0.4, -0.2) is 61.7 Å². The molecule has 1 saturated heterocycles. The zero-order chi connectivity index (χ0) is 12.0. The Kier molecular flexibility index (Phi) is 5.84. The lowest BCUT2D eigenvalue weighted by molar-refractivity contribution is 0.355. The van der Waals surface area contributed by atoms with Crippen LogP contribution in [0.1, 0.15) is 6.42 Å². The van der Waals surface area contributed by atoms with E-state index in [0.29, 0.717) is 44.9 Å². The van der Waals surface area contributed by atoms with Crippen molar-refractivity contribution in [3.8, 4) is 0 Å². The molecule has 0 aliphatic carbocycles. The summed E-state index contributed by atoms with van der Waals surface area (Å²) in [5, 5.41) is 3.09. The molecule has 2 N–H and O–H groups in total. The van der Waals surface area contributed by atoms with Gasteiger partial charge in [-0.05, 0) is 6.42 Å².